The Kier molecular flexibility index (Phi) is 4.66. The van der Waals surface area contributed by atoms with E-state index in [1.807, 2.05) is 18.2 Å². The first-order chi connectivity index (χ1) is 8.06. The molecule has 5 nitrogen and oxygen atoms in total. The third kappa shape index (κ3) is 3.57. The van der Waals surface area contributed by atoms with E-state index in [2.05, 4.69) is 5.32 Å². The van der Waals surface area contributed by atoms with Gasteiger partial charge >= 0.3 is 5.97 Å². The number of rotatable bonds is 5. The van der Waals surface area contributed by atoms with Crippen LogP contribution in [0, 0.1) is 0 Å². The Morgan fingerprint density at radius 1 is 1.29 bits per heavy atom. The van der Waals surface area contributed by atoms with Gasteiger partial charge < -0.3 is 10.5 Å². The lowest BCUT2D eigenvalue weighted by Gasteiger charge is -2.19. The molecule has 92 valence electrons. The molecule has 1 rings (SSSR count). The molecule has 1 aromatic carbocycles. The van der Waals surface area contributed by atoms with Gasteiger partial charge in [0, 0.05) is 0 Å². The third-order valence-corrected chi connectivity index (χ3v) is 2.41. The zero-order chi connectivity index (χ0) is 12.8. The van der Waals surface area contributed by atoms with Crippen LogP contribution in [0.5, 0.6) is 0 Å². The normalized spacial score (nSPS) is 13.8. The highest BCUT2D eigenvalue weighted by Gasteiger charge is 2.24. The van der Waals surface area contributed by atoms with Gasteiger partial charge in [-0.05, 0) is 12.5 Å². The fourth-order valence-electron chi connectivity index (χ4n) is 1.40. The summed E-state index contributed by atoms with van der Waals surface area (Å²) in [6.07, 6.45) is 0. The summed E-state index contributed by atoms with van der Waals surface area (Å²) in [7, 11) is 1.30. The number of nitrogens with two attached hydrogens (primary N) is 1. The zero-order valence-corrected chi connectivity index (χ0v) is 9.84. The average molecular weight is 236 g/mol. The minimum Gasteiger partial charge on any atom is -0.468 e. The van der Waals surface area contributed by atoms with Crippen molar-refractivity contribution in [2.75, 3.05) is 7.11 Å². The zero-order valence-electron chi connectivity index (χ0n) is 9.84. The first-order valence-electron chi connectivity index (χ1n) is 5.24. The molecule has 0 spiro atoms. The van der Waals surface area contributed by atoms with Crippen LogP contribution in [-0.4, -0.2) is 25.0 Å². The van der Waals surface area contributed by atoms with Crippen molar-refractivity contribution in [1.82, 2.24) is 5.32 Å². The largest absolute Gasteiger partial charge is 0.468 e. The van der Waals surface area contributed by atoms with Crippen molar-refractivity contribution in [3.8, 4) is 0 Å². The molecule has 0 aliphatic carbocycles. The van der Waals surface area contributed by atoms with E-state index in [-0.39, 0.29) is 0 Å². The molecule has 0 fully saturated rings. The lowest BCUT2D eigenvalue weighted by Crippen LogP contribution is -2.43. The first kappa shape index (κ1) is 13.2. The molecule has 2 atom stereocenters. The molecular weight excluding hydrogens is 220 g/mol. The third-order valence-electron chi connectivity index (χ3n) is 2.41. The number of carbonyl (C=O) groups is 2. The van der Waals surface area contributed by atoms with Gasteiger partial charge in [-0.2, -0.15) is 0 Å². The molecule has 5 heteroatoms. The summed E-state index contributed by atoms with van der Waals surface area (Å²) in [6, 6.07) is 7.71. The first-order valence-corrected chi connectivity index (χ1v) is 5.24. The van der Waals surface area contributed by atoms with Crippen LogP contribution < -0.4 is 11.1 Å². The summed E-state index contributed by atoms with van der Waals surface area (Å²) >= 11 is 0. The van der Waals surface area contributed by atoms with E-state index in [1.165, 1.54) is 7.11 Å². The van der Waals surface area contributed by atoms with Crippen LogP contribution in [0.15, 0.2) is 30.3 Å². The van der Waals surface area contributed by atoms with Crippen molar-refractivity contribution in [2.24, 2.45) is 5.73 Å². The van der Waals surface area contributed by atoms with Crippen molar-refractivity contribution in [3.63, 3.8) is 0 Å². The second-order valence-corrected chi connectivity index (χ2v) is 3.66. The van der Waals surface area contributed by atoms with Crippen molar-refractivity contribution < 1.29 is 14.3 Å². The van der Waals surface area contributed by atoms with Gasteiger partial charge in [-0.15, -0.1) is 0 Å². The minimum absolute atomic E-state index is 0.454. The minimum atomic E-state index is -0.691. The van der Waals surface area contributed by atoms with Gasteiger partial charge in [-0.3, -0.25) is 10.1 Å². The number of hydrogen-bond acceptors (Lipinski definition) is 4. The molecule has 0 saturated carbocycles. The van der Waals surface area contributed by atoms with Crippen LogP contribution >= 0.6 is 0 Å². The Labute approximate surface area is 99.9 Å². The molecule has 2 unspecified atom stereocenters. The molecule has 0 saturated heterocycles. The van der Waals surface area contributed by atoms with Gasteiger partial charge in [0.2, 0.25) is 5.91 Å². The van der Waals surface area contributed by atoms with Crippen molar-refractivity contribution in [2.45, 2.75) is 19.0 Å². The van der Waals surface area contributed by atoms with Crippen LogP contribution in [0.3, 0.4) is 0 Å². The van der Waals surface area contributed by atoms with Crippen LogP contribution in [0.1, 0.15) is 18.5 Å². The predicted octanol–water partition coefficient (Wildman–Crippen LogP) is 0.364. The van der Waals surface area contributed by atoms with Crippen LogP contribution in [0.4, 0.5) is 0 Å². The number of carbonyl (C=O) groups excluding carboxylic acids is 2. The summed E-state index contributed by atoms with van der Waals surface area (Å²) in [5, 5.41) is 2.83. The Morgan fingerprint density at radius 3 is 2.35 bits per heavy atom. The van der Waals surface area contributed by atoms with Crippen LogP contribution in [0.2, 0.25) is 0 Å². The number of hydrogen-bond donors (Lipinski definition) is 2. The molecule has 1 aromatic rings. The van der Waals surface area contributed by atoms with Crippen LogP contribution in [0.25, 0.3) is 0 Å². The molecule has 3 N–H and O–H groups in total. The highest BCUT2D eigenvalue weighted by Crippen LogP contribution is 2.14. The smallest absolute Gasteiger partial charge is 0.327 e. The van der Waals surface area contributed by atoms with Gasteiger partial charge in [0.15, 0.2) is 0 Å². The van der Waals surface area contributed by atoms with Crippen molar-refractivity contribution >= 4 is 11.9 Å². The molecule has 0 aliphatic rings. The highest BCUT2D eigenvalue weighted by molar-refractivity contribution is 5.82. The standard InChI is InChI=1S/C12H16N2O3/c1-8(11(13)15)14-10(12(16)17-2)9-6-4-3-5-7-9/h3-8,10,14H,1-2H3,(H2,13,15). The van der Waals surface area contributed by atoms with E-state index in [0.717, 1.165) is 5.56 Å². The Hall–Kier alpha value is -1.88. The van der Waals surface area contributed by atoms with Gasteiger partial charge in [0.25, 0.3) is 0 Å². The molecular formula is C12H16N2O3. The SMILES string of the molecule is COC(=O)C(NC(C)C(N)=O)c1ccccc1. The van der Waals surface area contributed by atoms with E-state index < -0.39 is 24.0 Å². The molecule has 0 aromatic heterocycles. The Morgan fingerprint density at radius 2 is 1.88 bits per heavy atom. The molecule has 0 aliphatic heterocycles. The Balaban J connectivity index is 2.89. The number of benzene rings is 1. The molecule has 0 bridgehead atoms. The summed E-state index contributed by atoms with van der Waals surface area (Å²) in [4.78, 5) is 22.6. The van der Waals surface area contributed by atoms with E-state index in [1.54, 1.807) is 19.1 Å². The maximum absolute atomic E-state index is 11.6. The molecule has 0 radical (unpaired) electrons. The Bertz CT molecular complexity index is 392. The monoisotopic (exact) mass is 236 g/mol. The number of amides is 1. The molecule has 17 heavy (non-hydrogen) atoms. The van der Waals surface area contributed by atoms with Gasteiger partial charge in [0.1, 0.15) is 6.04 Å². The summed E-state index contributed by atoms with van der Waals surface area (Å²) < 4.78 is 4.69. The van der Waals surface area contributed by atoms with E-state index in [4.69, 9.17) is 10.5 Å². The van der Waals surface area contributed by atoms with Gasteiger partial charge in [-0.25, -0.2) is 4.79 Å². The lowest BCUT2D eigenvalue weighted by molar-refractivity contribution is -0.143. The number of ether oxygens (including phenoxy) is 1. The second-order valence-electron chi connectivity index (χ2n) is 3.66. The molecule has 1 amide bonds. The van der Waals surface area contributed by atoms with E-state index in [9.17, 15) is 9.59 Å². The van der Waals surface area contributed by atoms with Crippen LogP contribution in [-0.2, 0) is 14.3 Å². The summed E-state index contributed by atoms with van der Waals surface area (Å²) in [5.41, 5.74) is 5.88. The quantitative estimate of drug-likeness (QED) is 0.723. The fraction of sp³-hybridized carbons (Fsp3) is 0.333. The van der Waals surface area contributed by atoms with E-state index >= 15 is 0 Å². The number of esters is 1. The number of primary amides is 1. The van der Waals surface area contributed by atoms with E-state index in [0.29, 0.717) is 0 Å². The summed E-state index contributed by atoms with van der Waals surface area (Å²) in [6.45, 7) is 1.60. The average Bonchev–Trinajstić information content (AvgIpc) is 2.35. The van der Waals surface area contributed by atoms with Gasteiger partial charge in [0.05, 0.1) is 13.2 Å². The second kappa shape index (κ2) is 6.00. The topological polar surface area (TPSA) is 81.4 Å². The maximum atomic E-state index is 11.6. The highest BCUT2D eigenvalue weighted by atomic mass is 16.5. The maximum Gasteiger partial charge on any atom is 0.327 e. The summed E-state index contributed by atoms with van der Waals surface area (Å²) in [5.74, 6) is -0.973. The predicted molar refractivity (Wildman–Crippen MR) is 63.0 cm³/mol. The van der Waals surface area contributed by atoms with Crippen molar-refractivity contribution in [1.29, 1.82) is 0 Å². The fourth-order valence-corrected chi connectivity index (χ4v) is 1.40. The van der Waals surface area contributed by atoms with Gasteiger partial charge in [-0.1, -0.05) is 30.3 Å². The van der Waals surface area contributed by atoms with Crippen molar-refractivity contribution in [3.05, 3.63) is 35.9 Å². The molecule has 0 heterocycles. The lowest BCUT2D eigenvalue weighted by atomic mass is 10.1. The number of nitrogens with one attached hydrogen (secondary N) is 1. The number of methoxy groups -OCH3 is 1.